The van der Waals surface area contributed by atoms with E-state index in [1.807, 2.05) is 115 Å². The Morgan fingerprint density at radius 1 is 0.391 bits per heavy atom. The molecule has 0 saturated carbocycles. The molecular weight excluding hydrogens is 823 g/mol. The highest BCUT2D eigenvalue weighted by Gasteiger charge is 2.18. The predicted octanol–water partition coefficient (Wildman–Crippen LogP) is 7.86. The van der Waals surface area contributed by atoms with Crippen LogP contribution in [0.5, 0.6) is 23.0 Å². The predicted molar refractivity (Wildman–Crippen MR) is 238 cm³/mol. The summed E-state index contributed by atoms with van der Waals surface area (Å²) in [6.45, 7) is 4.03. The molecule has 0 radical (unpaired) electrons. The van der Waals surface area contributed by atoms with E-state index >= 15 is 0 Å². The Morgan fingerprint density at radius 2 is 0.672 bits per heavy atom. The molecule has 0 spiro atoms. The fourth-order valence-electron chi connectivity index (χ4n) is 6.22. The molecule has 0 aliphatic rings. The first-order chi connectivity index (χ1) is 31.3. The standard InChI is InChI=1S/C49H59N3O12/c1-55-44-16-8-38(9-17-44)32-51(33-39-10-18-45(56-2)19-11-39)48(53)63-30-28-59-24-26-61-36-42-6-5-7-43(50-42)37-62-27-25-60-29-31-64-49(54)52(34-40-12-20-46(57-3)21-13-40)35-41-14-22-47(58-4)23-15-41/h5-23H,24-37H2,1-4H3. The van der Waals surface area contributed by atoms with E-state index in [4.69, 9.17) is 47.4 Å². The Morgan fingerprint density at radius 3 is 0.969 bits per heavy atom. The molecule has 1 heterocycles. The SMILES string of the molecule is COc1ccc(CN(Cc2ccc(OC)cc2)C(=O)OCCOCCOCc2cccc(COCCOCCOC(=O)N(Cc3ccc(OC)cc3)Cc3ccc(OC)cc3)n2)cc1. The third kappa shape index (κ3) is 17.4. The maximum absolute atomic E-state index is 13.1. The van der Waals surface area contributed by atoms with E-state index < -0.39 is 12.2 Å². The van der Waals surface area contributed by atoms with Crippen LogP contribution in [0, 0.1) is 0 Å². The van der Waals surface area contributed by atoms with Gasteiger partial charge in [-0.1, -0.05) is 54.6 Å². The van der Waals surface area contributed by atoms with E-state index in [0.717, 1.165) is 56.6 Å². The van der Waals surface area contributed by atoms with Crippen molar-refractivity contribution in [1.29, 1.82) is 0 Å². The van der Waals surface area contributed by atoms with E-state index in [1.54, 1.807) is 38.2 Å². The summed E-state index contributed by atoms with van der Waals surface area (Å²) in [5.74, 6) is 2.97. The number of ether oxygens (including phenoxy) is 10. The Hall–Kier alpha value is -6.39. The summed E-state index contributed by atoms with van der Waals surface area (Å²) in [6, 6.07) is 35.9. The van der Waals surface area contributed by atoms with Crippen molar-refractivity contribution in [1.82, 2.24) is 14.8 Å². The molecule has 5 rings (SSSR count). The van der Waals surface area contributed by atoms with Crippen LogP contribution in [0.25, 0.3) is 0 Å². The first kappa shape index (κ1) is 48.6. The number of pyridine rings is 1. The molecule has 0 fully saturated rings. The summed E-state index contributed by atoms with van der Waals surface area (Å²) in [4.78, 5) is 34.2. The summed E-state index contributed by atoms with van der Waals surface area (Å²) in [5.41, 5.74) is 5.29. The number of hydrogen-bond donors (Lipinski definition) is 0. The summed E-state index contributed by atoms with van der Waals surface area (Å²) in [5, 5.41) is 0. The molecule has 0 N–H and O–H groups in total. The zero-order valence-corrected chi connectivity index (χ0v) is 37.1. The third-order valence-corrected chi connectivity index (χ3v) is 9.66. The fraction of sp³-hybridized carbons (Fsp3) is 0.367. The van der Waals surface area contributed by atoms with Gasteiger partial charge in [0.15, 0.2) is 0 Å². The van der Waals surface area contributed by atoms with Gasteiger partial charge in [0.25, 0.3) is 0 Å². The van der Waals surface area contributed by atoms with Crippen LogP contribution < -0.4 is 18.9 Å². The zero-order chi connectivity index (χ0) is 45.2. The summed E-state index contributed by atoms with van der Waals surface area (Å²) in [6.07, 6.45) is -0.892. The van der Waals surface area contributed by atoms with Crippen molar-refractivity contribution < 1.29 is 57.0 Å². The first-order valence-corrected chi connectivity index (χ1v) is 21.0. The lowest BCUT2D eigenvalue weighted by atomic mass is 10.1. The van der Waals surface area contributed by atoms with Gasteiger partial charge in [-0.25, -0.2) is 9.59 Å². The minimum Gasteiger partial charge on any atom is -0.497 e. The molecule has 0 saturated heterocycles. The fourth-order valence-corrected chi connectivity index (χ4v) is 6.22. The maximum atomic E-state index is 13.1. The van der Waals surface area contributed by atoms with Crippen LogP contribution in [0.3, 0.4) is 0 Å². The van der Waals surface area contributed by atoms with E-state index in [9.17, 15) is 9.59 Å². The molecule has 0 unspecified atom stereocenters. The molecule has 2 amide bonds. The molecule has 4 aromatic carbocycles. The largest absolute Gasteiger partial charge is 0.497 e. The topological polar surface area (TPSA) is 146 Å². The van der Waals surface area contributed by atoms with Crippen LogP contribution in [0.15, 0.2) is 115 Å². The second-order valence-corrected chi connectivity index (χ2v) is 14.3. The van der Waals surface area contributed by atoms with Crippen LogP contribution in [-0.4, -0.2) is 108 Å². The van der Waals surface area contributed by atoms with Crippen LogP contribution in [-0.2, 0) is 67.8 Å². The smallest absolute Gasteiger partial charge is 0.410 e. The lowest BCUT2D eigenvalue weighted by Crippen LogP contribution is -2.31. The van der Waals surface area contributed by atoms with Crippen LogP contribution in [0.4, 0.5) is 9.59 Å². The summed E-state index contributed by atoms with van der Waals surface area (Å²) >= 11 is 0. The Kier molecular flexibility index (Phi) is 21.0. The van der Waals surface area contributed by atoms with Gasteiger partial charge >= 0.3 is 12.2 Å². The first-order valence-electron chi connectivity index (χ1n) is 21.0. The molecular formula is C49H59N3O12. The number of methoxy groups -OCH3 is 4. The second-order valence-electron chi connectivity index (χ2n) is 14.3. The molecule has 15 heteroatoms. The van der Waals surface area contributed by atoms with Crippen LogP contribution in [0.2, 0.25) is 0 Å². The minimum atomic E-state index is -0.446. The quantitative estimate of drug-likeness (QED) is 0.0450. The lowest BCUT2D eigenvalue weighted by Gasteiger charge is -2.23. The van der Waals surface area contributed by atoms with Crippen molar-refractivity contribution in [3.8, 4) is 23.0 Å². The van der Waals surface area contributed by atoms with E-state index in [1.165, 1.54) is 0 Å². The van der Waals surface area contributed by atoms with Crippen LogP contribution >= 0.6 is 0 Å². The minimum absolute atomic E-state index is 0.0967. The monoisotopic (exact) mass is 881 g/mol. The highest BCUT2D eigenvalue weighted by Crippen LogP contribution is 2.20. The zero-order valence-electron chi connectivity index (χ0n) is 37.1. The number of nitrogens with zero attached hydrogens (tertiary/aromatic N) is 3. The number of carbonyl (C=O) groups is 2. The van der Waals surface area contributed by atoms with Crippen molar-refractivity contribution in [2.45, 2.75) is 39.4 Å². The molecule has 0 aliphatic heterocycles. The van der Waals surface area contributed by atoms with Gasteiger partial charge in [-0.3, -0.25) is 14.8 Å². The number of hydrogen-bond acceptors (Lipinski definition) is 13. The second kappa shape index (κ2) is 27.6. The van der Waals surface area contributed by atoms with Crippen LogP contribution in [0.1, 0.15) is 33.6 Å². The lowest BCUT2D eigenvalue weighted by molar-refractivity contribution is 0.0147. The van der Waals surface area contributed by atoms with Crippen molar-refractivity contribution in [3.05, 3.63) is 149 Å². The molecule has 0 bridgehead atoms. The normalized spacial score (nSPS) is 10.8. The van der Waals surface area contributed by atoms with Crippen molar-refractivity contribution in [2.24, 2.45) is 0 Å². The Balaban J connectivity index is 0.926. The average molecular weight is 882 g/mol. The molecule has 0 aliphatic carbocycles. The van der Waals surface area contributed by atoms with E-state index in [2.05, 4.69) is 4.98 Å². The molecule has 0 atom stereocenters. The number of carbonyl (C=O) groups excluding carboxylic acids is 2. The summed E-state index contributed by atoms with van der Waals surface area (Å²) < 4.78 is 55.0. The maximum Gasteiger partial charge on any atom is 0.410 e. The Labute approximate surface area is 375 Å². The van der Waals surface area contributed by atoms with Crippen molar-refractivity contribution >= 4 is 12.2 Å². The van der Waals surface area contributed by atoms with Gasteiger partial charge in [0, 0.05) is 26.2 Å². The van der Waals surface area contributed by atoms with E-state index in [-0.39, 0.29) is 26.4 Å². The van der Waals surface area contributed by atoms with Gasteiger partial charge in [-0.2, -0.15) is 0 Å². The molecule has 1 aromatic heterocycles. The molecule has 64 heavy (non-hydrogen) atoms. The average Bonchev–Trinajstić information content (AvgIpc) is 3.33. The highest BCUT2D eigenvalue weighted by atomic mass is 16.6. The van der Waals surface area contributed by atoms with Gasteiger partial charge in [0.1, 0.15) is 36.2 Å². The van der Waals surface area contributed by atoms with Gasteiger partial charge in [0.05, 0.1) is 92.7 Å². The highest BCUT2D eigenvalue weighted by molar-refractivity contribution is 5.68. The number of benzene rings is 4. The van der Waals surface area contributed by atoms with Gasteiger partial charge in [-0.05, 0) is 82.9 Å². The van der Waals surface area contributed by atoms with E-state index in [0.29, 0.717) is 65.8 Å². The van der Waals surface area contributed by atoms with Crippen molar-refractivity contribution in [2.75, 3.05) is 81.3 Å². The Bertz CT molecular complexity index is 1840. The number of amides is 2. The van der Waals surface area contributed by atoms with Crippen molar-refractivity contribution in [3.63, 3.8) is 0 Å². The van der Waals surface area contributed by atoms with Gasteiger partial charge in [0.2, 0.25) is 0 Å². The summed E-state index contributed by atoms with van der Waals surface area (Å²) in [7, 11) is 6.46. The number of rotatable bonds is 28. The number of aromatic nitrogens is 1. The third-order valence-electron chi connectivity index (χ3n) is 9.66. The molecule has 5 aromatic rings. The van der Waals surface area contributed by atoms with Gasteiger partial charge in [-0.15, -0.1) is 0 Å². The molecule has 342 valence electrons. The van der Waals surface area contributed by atoms with Gasteiger partial charge < -0.3 is 47.4 Å². The molecule has 15 nitrogen and oxygen atoms in total.